The fourth-order valence-electron chi connectivity index (χ4n) is 3.79. The van der Waals surface area contributed by atoms with Crippen LogP contribution >= 0.6 is 23.2 Å². The molecule has 0 aliphatic heterocycles. The smallest absolute Gasteiger partial charge is 0.208 e. The maximum Gasteiger partial charge on any atom is 0.208 e. The first-order valence-electron chi connectivity index (χ1n) is 9.82. The third-order valence-corrected chi connectivity index (χ3v) is 5.90. The Labute approximate surface area is 189 Å². The molecule has 0 saturated carbocycles. The SMILES string of the molecule is N=c1n(Cc2ccccc2Cl)c2ccccc2n1-c1ccc(-c2cccc(Cl)c2)nc1. The molecule has 3 aromatic carbocycles. The number of hydrogen-bond acceptors (Lipinski definition) is 2. The lowest BCUT2D eigenvalue weighted by Gasteiger charge is -2.08. The normalized spacial score (nSPS) is 11.2. The van der Waals surface area contributed by atoms with Crippen LogP contribution in [0.15, 0.2) is 91.1 Å². The van der Waals surface area contributed by atoms with E-state index in [-0.39, 0.29) is 0 Å². The molecule has 5 rings (SSSR count). The van der Waals surface area contributed by atoms with Crippen molar-refractivity contribution in [1.82, 2.24) is 14.1 Å². The third kappa shape index (κ3) is 3.65. The molecule has 0 saturated heterocycles. The molecule has 0 aliphatic carbocycles. The fourth-order valence-corrected chi connectivity index (χ4v) is 4.17. The summed E-state index contributed by atoms with van der Waals surface area (Å²) in [4.78, 5) is 4.63. The van der Waals surface area contributed by atoms with Crippen molar-refractivity contribution in [1.29, 1.82) is 5.41 Å². The highest BCUT2D eigenvalue weighted by Crippen LogP contribution is 2.24. The monoisotopic (exact) mass is 444 g/mol. The number of para-hydroxylation sites is 2. The summed E-state index contributed by atoms with van der Waals surface area (Å²) in [5, 5.41) is 10.3. The molecule has 31 heavy (non-hydrogen) atoms. The average molecular weight is 445 g/mol. The molecule has 4 nitrogen and oxygen atoms in total. The molecule has 0 radical (unpaired) electrons. The van der Waals surface area contributed by atoms with E-state index in [1.165, 1.54) is 0 Å². The molecule has 0 spiro atoms. The Morgan fingerprint density at radius 1 is 0.806 bits per heavy atom. The van der Waals surface area contributed by atoms with Crippen LogP contribution in [-0.2, 0) is 6.54 Å². The predicted octanol–water partition coefficient (Wildman–Crippen LogP) is 6.33. The van der Waals surface area contributed by atoms with Gasteiger partial charge < -0.3 is 4.57 Å². The maximum atomic E-state index is 8.92. The van der Waals surface area contributed by atoms with Crippen molar-refractivity contribution in [3.63, 3.8) is 0 Å². The summed E-state index contributed by atoms with van der Waals surface area (Å²) >= 11 is 12.5. The zero-order valence-corrected chi connectivity index (χ0v) is 18.0. The van der Waals surface area contributed by atoms with Gasteiger partial charge in [-0.3, -0.25) is 15.0 Å². The van der Waals surface area contributed by atoms with Crippen molar-refractivity contribution in [2.45, 2.75) is 6.54 Å². The van der Waals surface area contributed by atoms with E-state index in [4.69, 9.17) is 28.6 Å². The van der Waals surface area contributed by atoms with Gasteiger partial charge in [0.25, 0.3) is 0 Å². The van der Waals surface area contributed by atoms with Gasteiger partial charge in [-0.15, -0.1) is 0 Å². The second-order valence-corrected chi connectivity index (χ2v) is 8.08. The van der Waals surface area contributed by atoms with Gasteiger partial charge in [-0.25, -0.2) is 0 Å². The number of imidazole rings is 1. The lowest BCUT2D eigenvalue weighted by Crippen LogP contribution is -2.24. The predicted molar refractivity (Wildman–Crippen MR) is 126 cm³/mol. The maximum absolute atomic E-state index is 8.92. The van der Waals surface area contributed by atoms with E-state index in [9.17, 15) is 0 Å². The molecular formula is C25H18Cl2N4. The van der Waals surface area contributed by atoms with Gasteiger partial charge in [0, 0.05) is 15.6 Å². The number of fused-ring (bicyclic) bond motifs is 1. The van der Waals surface area contributed by atoms with E-state index in [0.29, 0.717) is 22.2 Å². The van der Waals surface area contributed by atoms with E-state index in [0.717, 1.165) is 33.5 Å². The van der Waals surface area contributed by atoms with Crippen LogP contribution in [0.25, 0.3) is 28.0 Å². The summed E-state index contributed by atoms with van der Waals surface area (Å²) < 4.78 is 3.86. The van der Waals surface area contributed by atoms with Gasteiger partial charge in [0.2, 0.25) is 5.62 Å². The van der Waals surface area contributed by atoms with Crippen LogP contribution in [0.5, 0.6) is 0 Å². The van der Waals surface area contributed by atoms with E-state index < -0.39 is 0 Å². The molecule has 1 N–H and O–H groups in total. The Morgan fingerprint density at radius 3 is 2.32 bits per heavy atom. The van der Waals surface area contributed by atoms with Crippen LogP contribution in [0.3, 0.4) is 0 Å². The Balaban J connectivity index is 1.62. The second kappa shape index (κ2) is 8.06. The fraction of sp³-hybridized carbons (Fsp3) is 0.0400. The number of halogens is 2. The van der Waals surface area contributed by atoms with Crippen LogP contribution < -0.4 is 5.62 Å². The number of hydrogen-bond donors (Lipinski definition) is 1. The Morgan fingerprint density at radius 2 is 1.58 bits per heavy atom. The summed E-state index contributed by atoms with van der Waals surface area (Å²) in [5.41, 5.74) is 5.85. The summed E-state index contributed by atoms with van der Waals surface area (Å²) in [6.07, 6.45) is 1.79. The Hall–Kier alpha value is -3.34. The largest absolute Gasteiger partial charge is 0.306 e. The molecule has 0 unspecified atom stereocenters. The summed E-state index contributed by atoms with van der Waals surface area (Å²) in [6, 6.07) is 27.3. The minimum Gasteiger partial charge on any atom is -0.306 e. The van der Waals surface area contributed by atoms with Gasteiger partial charge in [-0.05, 0) is 48.0 Å². The Bertz CT molecular complexity index is 1450. The summed E-state index contributed by atoms with van der Waals surface area (Å²) in [7, 11) is 0. The van der Waals surface area contributed by atoms with Crippen molar-refractivity contribution in [2.75, 3.05) is 0 Å². The number of pyridine rings is 1. The number of benzene rings is 3. The molecule has 0 fully saturated rings. The molecule has 152 valence electrons. The number of nitrogens with one attached hydrogen (secondary N) is 1. The molecule has 0 amide bonds. The third-order valence-electron chi connectivity index (χ3n) is 5.29. The van der Waals surface area contributed by atoms with Crippen LogP contribution in [-0.4, -0.2) is 14.1 Å². The topological polar surface area (TPSA) is 46.6 Å². The lowest BCUT2D eigenvalue weighted by atomic mass is 10.1. The highest BCUT2D eigenvalue weighted by atomic mass is 35.5. The van der Waals surface area contributed by atoms with E-state index in [2.05, 4.69) is 4.98 Å². The molecule has 2 heterocycles. The van der Waals surface area contributed by atoms with Crippen molar-refractivity contribution < 1.29 is 0 Å². The summed E-state index contributed by atoms with van der Waals surface area (Å²) in [5.74, 6) is 0. The second-order valence-electron chi connectivity index (χ2n) is 7.24. The zero-order valence-electron chi connectivity index (χ0n) is 16.5. The van der Waals surface area contributed by atoms with Gasteiger partial charge in [0.05, 0.1) is 35.2 Å². The van der Waals surface area contributed by atoms with Crippen molar-refractivity contribution in [3.05, 3.63) is 112 Å². The zero-order chi connectivity index (χ0) is 21.4. The first-order chi connectivity index (χ1) is 15.1. The molecule has 0 bridgehead atoms. The molecule has 2 aromatic heterocycles. The first kappa shape index (κ1) is 19.6. The van der Waals surface area contributed by atoms with E-state index in [1.807, 2.05) is 94.1 Å². The summed E-state index contributed by atoms with van der Waals surface area (Å²) in [6.45, 7) is 0.514. The van der Waals surface area contributed by atoms with Crippen LogP contribution in [0.2, 0.25) is 10.0 Å². The molecule has 0 atom stereocenters. The molecule has 6 heteroatoms. The van der Waals surface area contributed by atoms with Crippen LogP contribution in [0.4, 0.5) is 0 Å². The van der Waals surface area contributed by atoms with Crippen molar-refractivity contribution in [2.24, 2.45) is 0 Å². The minimum atomic E-state index is 0.360. The van der Waals surface area contributed by atoms with Gasteiger partial charge in [0.1, 0.15) is 0 Å². The molecule has 5 aromatic rings. The van der Waals surface area contributed by atoms with Gasteiger partial charge in [-0.2, -0.15) is 0 Å². The Kier molecular flexibility index (Phi) is 5.10. The average Bonchev–Trinajstić information content (AvgIpc) is 3.07. The van der Waals surface area contributed by atoms with Gasteiger partial charge >= 0.3 is 0 Å². The lowest BCUT2D eigenvalue weighted by molar-refractivity contribution is 0.723. The van der Waals surface area contributed by atoms with Crippen molar-refractivity contribution >= 4 is 34.2 Å². The van der Waals surface area contributed by atoms with Gasteiger partial charge in [0.15, 0.2) is 0 Å². The van der Waals surface area contributed by atoms with Crippen molar-refractivity contribution in [3.8, 4) is 16.9 Å². The number of rotatable bonds is 4. The number of nitrogens with zero attached hydrogens (tertiary/aromatic N) is 3. The standard InChI is InChI=1S/C25H18Cl2N4/c26-19-8-5-7-17(14-19)22-13-12-20(15-29-22)31-24-11-4-3-10-23(24)30(25(31)28)16-18-6-1-2-9-21(18)27/h1-15,28H,16H2. The first-order valence-corrected chi connectivity index (χ1v) is 10.6. The minimum absolute atomic E-state index is 0.360. The number of aromatic nitrogens is 3. The highest BCUT2D eigenvalue weighted by molar-refractivity contribution is 6.31. The highest BCUT2D eigenvalue weighted by Gasteiger charge is 2.14. The van der Waals surface area contributed by atoms with E-state index >= 15 is 0 Å². The molecular weight excluding hydrogens is 427 g/mol. The van der Waals surface area contributed by atoms with E-state index in [1.54, 1.807) is 6.20 Å². The van der Waals surface area contributed by atoms with Crippen LogP contribution in [0.1, 0.15) is 5.56 Å². The quantitative estimate of drug-likeness (QED) is 0.345. The van der Waals surface area contributed by atoms with Gasteiger partial charge in [-0.1, -0.05) is 65.7 Å². The van der Waals surface area contributed by atoms with Crippen LogP contribution in [0, 0.1) is 5.41 Å². The molecule has 0 aliphatic rings.